The molecule has 13 heteroatoms. The van der Waals surface area contributed by atoms with E-state index in [9.17, 15) is 19.8 Å². The van der Waals surface area contributed by atoms with Gasteiger partial charge in [-0.3, -0.25) is 27.9 Å². The molecule has 2 N–H and O–H groups in total. The van der Waals surface area contributed by atoms with E-state index >= 15 is 0 Å². The molecule has 2 aromatic carbocycles. The van der Waals surface area contributed by atoms with Crippen molar-refractivity contribution in [1.29, 1.82) is 0 Å². The number of hydrogen-bond donors (Lipinski definition) is 2. The molecule has 0 fully saturated rings. The number of halogens is 1. The van der Waals surface area contributed by atoms with Crippen molar-refractivity contribution in [3.05, 3.63) is 100.0 Å². The minimum absolute atomic E-state index is 0.0521. The molecular weight excluding hydrogens is 588 g/mol. The zero-order valence-electron chi connectivity index (χ0n) is 23.0. The Hall–Kier alpha value is -3.87. The van der Waals surface area contributed by atoms with Crippen molar-refractivity contribution in [3.8, 4) is 23.3 Å². The third-order valence-electron chi connectivity index (χ3n) is 6.80. The third kappa shape index (κ3) is 5.42. The van der Waals surface area contributed by atoms with Gasteiger partial charge < -0.3 is 19.7 Å². The monoisotopic (exact) mass is 616 g/mol. The van der Waals surface area contributed by atoms with Gasteiger partial charge in [-0.15, -0.1) is 0 Å². The quantitative estimate of drug-likeness (QED) is 0.280. The molecule has 0 saturated carbocycles. The van der Waals surface area contributed by atoms with E-state index in [1.54, 1.807) is 13.0 Å². The van der Waals surface area contributed by atoms with Crippen molar-refractivity contribution < 1.29 is 19.7 Å². The van der Waals surface area contributed by atoms with E-state index in [0.717, 1.165) is 5.56 Å². The number of ether oxygens (including phenoxy) is 2. The van der Waals surface area contributed by atoms with Gasteiger partial charge in [0.2, 0.25) is 11.8 Å². The number of aromatic hydroxyl groups is 2. The number of aromatic nitrogens is 4. The lowest BCUT2D eigenvalue weighted by Crippen LogP contribution is -2.33. The molecule has 4 rings (SSSR count). The van der Waals surface area contributed by atoms with Crippen molar-refractivity contribution in [1.82, 2.24) is 18.3 Å². The Bertz CT molecular complexity index is 1790. The molecule has 216 valence electrons. The highest BCUT2D eigenvalue weighted by atomic mass is 35.5. The summed E-state index contributed by atoms with van der Waals surface area (Å²) in [7, 11) is 5.88. The predicted octanol–water partition coefficient (Wildman–Crippen LogP) is 4.44. The van der Waals surface area contributed by atoms with Gasteiger partial charge in [-0.1, -0.05) is 41.9 Å². The Labute approximate surface area is 250 Å². The molecule has 0 spiro atoms. The maximum absolute atomic E-state index is 13.6. The Balaban J connectivity index is 2.06. The fourth-order valence-corrected chi connectivity index (χ4v) is 5.20. The third-order valence-corrected chi connectivity index (χ3v) is 8.18. The lowest BCUT2D eigenvalue weighted by atomic mass is 9.86. The standard InChI is InChI=1S/C28H29ClN4O6S2/c1-6-38-18-13-16(12-17(29)22(18)39-14-15-10-8-7-9-11-15)19(20-23(34)30(2)27(40)31(3)24(20)35)21-25(36)32(4)28(41)33(5)26(21)37/h7-13,19,34,36H,6,14H2,1-5H3. The fraction of sp³-hybridized carbons (Fsp3) is 0.286. The van der Waals surface area contributed by atoms with E-state index in [4.69, 9.17) is 45.5 Å². The van der Waals surface area contributed by atoms with Crippen LogP contribution in [0.3, 0.4) is 0 Å². The Kier molecular flexibility index (Phi) is 8.76. The van der Waals surface area contributed by atoms with Gasteiger partial charge in [-0.25, -0.2) is 0 Å². The molecule has 4 aromatic rings. The maximum atomic E-state index is 13.6. The average molecular weight is 617 g/mol. The second-order valence-corrected chi connectivity index (χ2v) is 10.5. The Morgan fingerprint density at radius 1 is 0.829 bits per heavy atom. The normalized spacial score (nSPS) is 11.2. The van der Waals surface area contributed by atoms with Crippen LogP contribution in [0, 0.1) is 9.54 Å². The van der Waals surface area contributed by atoms with Crippen LogP contribution in [0.5, 0.6) is 23.3 Å². The van der Waals surface area contributed by atoms with E-state index in [1.165, 1.54) is 52.5 Å². The van der Waals surface area contributed by atoms with Crippen LogP contribution in [0.25, 0.3) is 0 Å². The van der Waals surface area contributed by atoms with Crippen LogP contribution in [-0.2, 0) is 34.8 Å². The largest absolute Gasteiger partial charge is 0.494 e. The number of nitrogens with zero attached hydrogens (tertiary/aromatic N) is 4. The fourth-order valence-electron chi connectivity index (χ4n) is 4.59. The number of benzene rings is 2. The number of hydrogen-bond acceptors (Lipinski definition) is 8. The van der Waals surface area contributed by atoms with Crippen LogP contribution in [0.15, 0.2) is 52.1 Å². The Morgan fingerprint density at radius 3 is 1.83 bits per heavy atom. The first-order valence-electron chi connectivity index (χ1n) is 12.5. The zero-order valence-corrected chi connectivity index (χ0v) is 25.4. The highest BCUT2D eigenvalue weighted by molar-refractivity contribution is 7.71. The summed E-state index contributed by atoms with van der Waals surface area (Å²) >= 11 is 17.3. The zero-order chi connectivity index (χ0) is 30.2. The molecule has 0 radical (unpaired) electrons. The van der Waals surface area contributed by atoms with Gasteiger partial charge in [-0.2, -0.15) is 0 Å². The maximum Gasteiger partial charge on any atom is 0.262 e. The van der Waals surface area contributed by atoms with Crippen molar-refractivity contribution in [2.24, 2.45) is 28.2 Å². The van der Waals surface area contributed by atoms with Crippen LogP contribution in [-0.4, -0.2) is 35.1 Å². The second-order valence-electron chi connectivity index (χ2n) is 9.36. The van der Waals surface area contributed by atoms with Gasteiger partial charge >= 0.3 is 0 Å². The van der Waals surface area contributed by atoms with Crippen molar-refractivity contribution in [2.45, 2.75) is 19.4 Å². The molecule has 41 heavy (non-hydrogen) atoms. The van der Waals surface area contributed by atoms with Gasteiger partial charge in [0, 0.05) is 28.2 Å². The molecule has 0 saturated heterocycles. The van der Waals surface area contributed by atoms with Crippen molar-refractivity contribution in [2.75, 3.05) is 6.61 Å². The van der Waals surface area contributed by atoms with Gasteiger partial charge in [0.05, 0.1) is 28.7 Å². The molecular formula is C28H29ClN4O6S2. The molecule has 0 aliphatic heterocycles. The lowest BCUT2D eigenvalue weighted by Gasteiger charge is -2.24. The van der Waals surface area contributed by atoms with E-state index in [-0.39, 0.29) is 56.0 Å². The molecule has 0 amide bonds. The lowest BCUT2D eigenvalue weighted by molar-refractivity contribution is 0.269. The van der Waals surface area contributed by atoms with E-state index < -0.39 is 28.8 Å². The molecule has 2 heterocycles. The molecule has 10 nitrogen and oxygen atoms in total. The molecule has 0 unspecified atom stereocenters. The van der Waals surface area contributed by atoms with Crippen LogP contribution in [0.4, 0.5) is 0 Å². The summed E-state index contributed by atoms with van der Waals surface area (Å²) in [5.74, 6) is -1.76. The minimum Gasteiger partial charge on any atom is -0.494 e. The first kappa shape index (κ1) is 30.1. The van der Waals surface area contributed by atoms with E-state index in [0.29, 0.717) is 0 Å². The van der Waals surface area contributed by atoms with Crippen molar-refractivity contribution >= 4 is 36.0 Å². The van der Waals surface area contributed by atoms with Crippen LogP contribution in [0.2, 0.25) is 5.02 Å². The van der Waals surface area contributed by atoms with E-state index in [2.05, 4.69) is 0 Å². The molecule has 0 aliphatic carbocycles. The first-order valence-corrected chi connectivity index (χ1v) is 13.7. The number of rotatable bonds is 8. The summed E-state index contributed by atoms with van der Waals surface area (Å²) < 4.78 is 16.8. The summed E-state index contributed by atoms with van der Waals surface area (Å²) in [5, 5.41) is 22.6. The smallest absolute Gasteiger partial charge is 0.262 e. The van der Waals surface area contributed by atoms with Crippen molar-refractivity contribution in [3.63, 3.8) is 0 Å². The van der Waals surface area contributed by atoms with Gasteiger partial charge in [0.25, 0.3) is 11.1 Å². The van der Waals surface area contributed by atoms with Crippen LogP contribution >= 0.6 is 36.0 Å². The first-order chi connectivity index (χ1) is 19.4. The average Bonchev–Trinajstić information content (AvgIpc) is 2.96. The highest BCUT2D eigenvalue weighted by Crippen LogP contribution is 2.44. The van der Waals surface area contributed by atoms with Crippen LogP contribution < -0.4 is 20.6 Å². The summed E-state index contributed by atoms with van der Waals surface area (Å²) in [6.45, 7) is 2.25. The van der Waals surface area contributed by atoms with Gasteiger partial charge in [0.15, 0.2) is 21.0 Å². The van der Waals surface area contributed by atoms with Gasteiger partial charge in [-0.05, 0) is 54.6 Å². The minimum atomic E-state index is -1.31. The predicted molar refractivity (Wildman–Crippen MR) is 161 cm³/mol. The van der Waals surface area contributed by atoms with E-state index in [1.807, 2.05) is 30.3 Å². The van der Waals surface area contributed by atoms with Crippen LogP contribution in [0.1, 0.15) is 35.1 Å². The summed E-state index contributed by atoms with van der Waals surface area (Å²) in [5.41, 5.74) is -0.558. The SMILES string of the molecule is CCOc1cc(C(c2c(O)n(C)c(=S)n(C)c2=O)c2c(O)n(C)c(=S)n(C)c2=O)cc(Cl)c1OCc1ccccc1. The summed E-state index contributed by atoms with van der Waals surface area (Å²) in [6.07, 6.45) is 0. The van der Waals surface area contributed by atoms with Gasteiger partial charge in [0.1, 0.15) is 6.61 Å². The summed E-state index contributed by atoms with van der Waals surface area (Å²) in [6, 6.07) is 12.6. The molecule has 0 aliphatic rings. The highest BCUT2D eigenvalue weighted by Gasteiger charge is 2.33. The molecule has 0 atom stereocenters. The summed E-state index contributed by atoms with van der Waals surface area (Å²) in [4.78, 5) is 27.3. The topological polar surface area (TPSA) is 113 Å². The Morgan fingerprint density at radius 2 is 1.34 bits per heavy atom. The second kappa shape index (κ2) is 11.9. The molecule has 0 bridgehead atoms. The molecule has 2 aromatic heterocycles.